The van der Waals surface area contributed by atoms with Gasteiger partial charge in [0.1, 0.15) is 11.9 Å². The molecule has 5 nitrogen and oxygen atoms in total. The van der Waals surface area contributed by atoms with Crippen LogP contribution in [0.5, 0.6) is 0 Å². The summed E-state index contributed by atoms with van der Waals surface area (Å²) in [5, 5.41) is 0. The fourth-order valence-electron chi connectivity index (χ4n) is 2.36. The summed E-state index contributed by atoms with van der Waals surface area (Å²) >= 11 is 0. The van der Waals surface area contributed by atoms with Gasteiger partial charge >= 0.3 is 0 Å². The first-order valence-corrected chi connectivity index (χ1v) is 5.75. The van der Waals surface area contributed by atoms with Crippen LogP contribution in [-0.4, -0.2) is 21.8 Å². The van der Waals surface area contributed by atoms with Crippen LogP contribution in [0, 0.1) is 0 Å². The van der Waals surface area contributed by atoms with Gasteiger partial charge < -0.3 is 9.30 Å². The van der Waals surface area contributed by atoms with Gasteiger partial charge in [-0.3, -0.25) is 5.84 Å². The lowest BCUT2D eigenvalue weighted by Crippen LogP contribution is -2.49. The molecule has 0 aliphatic carbocycles. The van der Waals surface area contributed by atoms with Crippen molar-refractivity contribution >= 4 is 0 Å². The fourth-order valence-corrected chi connectivity index (χ4v) is 2.36. The molecule has 0 aromatic carbocycles. The fraction of sp³-hybridized carbons (Fsp3) is 0.727. The van der Waals surface area contributed by atoms with E-state index in [0.29, 0.717) is 0 Å². The van der Waals surface area contributed by atoms with Crippen LogP contribution in [0.15, 0.2) is 12.4 Å². The molecule has 90 valence electrons. The topological polar surface area (TPSA) is 65.1 Å². The van der Waals surface area contributed by atoms with Gasteiger partial charge in [-0.05, 0) is 26.2 Å². The summed E-state index contributed by atoms with van der Waals surface area (Å²) in [5.41, 5.74) is 2.59. The summed E-state index contributed by atoms with van der Waals surface area (Å²) in [5.74, 6) is 6.59. The standard InChI is InChI=1S/C11H20N4O/c1-11(5-3-4-8-16-11)9(14-12)10-13-6-7-15(10)2/h6-7,9,14H,3-5,8,12H2,1-2H3. The Kier molecular flexibility index (Phi) is 3.28. The lowest BCUT2D eigenvalue weighted by atomic mass is 9.88. The van der Waals surface area contributed by atoms with Gasteiger partial charge in [-0.25, -0.2) is 10.4 Å². The number of aryl methyl sites for hydroxylation is 1. The maximum absolute atomic E-state index is 5.90. The molecule has 1 saturated heterocycles. The van der Waals surface area contributed by atoms with E-state index < -0.39 is 0 Å². The average Bonchev–Trinajstić information content (AvgIpc) is 2.67. The molecule has 16 heavy (non-hydrogen) atoms. The second-order valence-electron chi connectivity index (χ2n) is 4.61. The van der Waals surface area contributed by atoms with Crippen molar-refractivity contribution < 1.29 is 4.74 Å². The minimum atomic E-state index is -0.258. The highest BCUT2D eigenvalue weighted by molar-refractivity contribution is 5.06. The van der Waals surface area contributed by atoms with E-state index in [1.54, 1.807) is 6.20 Å². The second kappa shape index (κ2) is 4.53. The van der Waals surface area contributed by atoms with Gasteiger partial charge in [0.25, 0.3) is 0 Å². The van der Waals surface area contributed by atoms with Crippen molar-refractivity contribution in [3.8, 4) is 0 Å². The molecule has 0 saturated carbocycles. The third-order valence-corrected chi connectivity index (χ3v) is 3.39. The zero-order valence-electron chi connectivity index (χ0n) is 9.94. The Morgan fingerprint density at radius 2 is 2.44 bits per heavy atom. The third-order valence-electron chi connectivity index (χ3n) is 3.39. The summed E-state index contributed by atoms with van der Waals surface area (Å²) in [6.07, 6.45) is 7.03. The van der Waals surface area contributed by atoms with E-state index in [0.717, 1.165) is 25.3 Å². The molecule has 1 aliphatic heterocycles. The molecule has 2 heterocycles. The molecular weight excluding hydrogens is 204 g/mol. The van der Waals surface area contributed by atoms with Crippen molar-refractivity contribution in [2.24, 2.45) is 12.9 Å². The molecule has 3 N–H and O–H groups in total. The number of nitrogens with two attached hydrogens (primary N) is 1. The van der Waals surface area contributed by atoms with Gasteiger partial charge in [0, 0.05) is 26.0 Å². The van der Waals surface area contributed by atoms with Crippen molar-refractivity contribution in [2.45, 2.75) is 37.8 Å². The summed E-state index contributed by atoms with van der Waals surface area (Å²) in [4.78, 5) is 4.35. The Hall–Kier alpha value is -0.910. The lowest BCUT2D eigenvalue weighted by molar-refractivity contribution is -0.0920. The maximum atomic E-state index is 5.90. The number of imidazole rings is 1. The molecule has 2 rings (SSSR count). The molecule has 0 amide bonds. The number of ether oxygens (including phenoxy) is 1. The maximum Gasteiger partial charge on any atom is 0.129 e. The molecular formula is C11H20N4O. The number of rotatable bonds is 3. The lowest BCUT2D eigenvalue weighted by Gasteiger charge is -2.39. The van der Waals surface area contributed by atoms with Gasteiger partial charge in [0.15, 0.2) is 0 Å². The monoisotopic (exact) mass is 224 g/mol. The third kappa shape index (κ3) is 1.98. The summed E-state index contributed by atoms with van der Waals surface area (Å²) < 4.78 is 7.88. The SMILES string of the molecule is Cn1ccnc1C(NN)C1(C)CCCCO1. The van der Waals surface area contributed by atoms with Crippen molar-refractivity contribution in [1.29, 1.82) is 0 Å². The molecule has 2 unspecified atom stereocenters. The molecule has 0 bridgehead atoms. The zero-order valence-corrected chi connectivity index (χ0v) is 9.94. The van der Waals surface area contributed by atoms with Crippen LogP contribution in [0.25, 0.3) is 0 Å². The van der Waals surface area contributed by atoms with Gasteiger partial charge in [-0.1, -0.05) is 0 Å². The minimum absolute atomic E-state index is 0.0622. The largest absolute Gasteiger partial charge is 0.373 e. The van der Waals surface area contributed by atoms with Crippen molar-refractivity contribution in [2.75, 3.05) is 6.61 Å². The first kappa shape index (κ1) is 11.6. The molecule has 0 spiro atoms. The van der Waals surface area contributed by atoms with E-state index in [4.69, 9.17) is 10.6 Å². The summed E-state index contributed by atoms with van der Waals surface area (Å²) in [6, 6.07) is -0.0622. The Balaban J connectivity index is 2.24. The average molecular weight is 224 g/mol. The van der Waals surface area contributed by atoms with Crippen LogP contribution in [0.2, 0.25) is 0 Å². The second-order valence-corrected chi connectivity index (χ2v) is 4.61. The Labute approximate surface area is 96.0 Å². The Bertz CT molecular complexity index is 344. The quantitative estimate of drug-likeness (QED) is 0.591. The van der Waals surface area contributed by atoms with Gasteiger partial charge in [0.05, 0.1) is 5.60 Å². The molecule has 1 aromatic heterocycles. The van der Waals surface area contributed by atoms with E-state index in [1.165, 1.54) is 6.42 Å². The number of hydrogen-bond donors (Lipinski definition) is 2. The number of nitrogens with zero attached hydrogens (tertiary/aromatic N) is 2. The molecule has 1 fully saturated rings. The molecule has 1 aliphatic rings. The van der Waals surface area contributed by atoms with Crippen molar-refractivity contribution in [3.05, 3.63) is 18.2 Å². The number of aromatic nitrogens is 2. The van der Waals surface area contributed by atoms with Crippen LogP contribution in [0.4, 0.5) is 0 Å². The van der Waals surface area contributed by atoms with E-state index >= 15 is 0 Å². The Morgan fingerprint density at radius 1 is 1.62 bits per heavy atom. The van der Waals surface area contributed by atoms with Gasteiger partial charge in [-0.15, -0.1) is 0 Å². The van der Waals surface area contributed by atoms with Crippen molar-refractivity contribution in [3.63, 3.8) is 0 Å². The van der Waals surface area contributed by atoms with Crippen LogP contribution >= 0.6 is 0 Å². The predicted octanol–water partition coefficient (Wildman–Crippen LogP) is 0.884. The smallest absolute Gasteiger partial charge is 0.129 e. The van der Waals surface area contributed by atoms with Crippen LogP contribution in [-0.2, 0) is 11.8 Å². The summed E-state index contributed by atoms with van der Waals surface area (Å²) in [6.45, 7) is 2.91. The molecule has 1 aromatic rings. The van der Waals surface area contributed by atoms with Gasteiger partial charge in [-0.2, -0.15) is 0 Å². The van der Waals surface area contributed by atoms with Crippen LogP contribution < -0.4 is 11.3 Å². The Morgan fingerprint density at radius 3 is 2.94 bits per heavy atom. The van der Waals surface area contributed by atoms with E-state index in [1.807, 2.05) is 17.8 Å². The van der Waals surface area contributed by atoms with E-state index in [-0.39, 0.29) is 11.6 Å². The molecule has 2 atom stereocenters. The van der Waals surface area contributed by atoms with Crippen molar-refractivity contribution in [1.82, 2.24) is 15.0 Å². The van der Waals surface area contributed by atoms with Crippen LogP contribution in [0.1, 0.15) is 38.1 Å². The highest BCUT2D eigenvalue weighted by atomic mass is 16.5. The normalized spacial score (nSPS) is 27.9. The zero-order chi connectivity index (χ0) is 11.6. The van der Waals surface area contributed by atoms with Gasteiger partial charge in [0.2, 0.25) is 0 Å². The number of hydrazine groups is 1. The summed E-state index contributed by atoms with van der Waals surface area (Å²) in [7, 11) is 1.97. The van der Waals surface area contributed by atoms with E-state index in [2.05, 4.69) is 17.3 Å². The minimum Gasteiger partial charge on any atom is -0.373 e. The highest BCUT2D eigenvalue weighted by Crippen LogP contribution is 2.35. The predicted molar refractivity (Wildman–Crippen MR) is 61.5 cm³/mol. The number of hydrogen-bond acceptors (Lipinski definition) is 4. The molecule has 5 heteroatoms. The highest BCUT2D eigenvalue weighted by Gasteiger charge is 2.39. The van der Waals surface area contributed by atoms with Crippen LogP contribution in [0.3, 0.4) is 0 Å². The molecule has 0 radical (unpaired) electrons. The first-order valence-electron chi connectivity index (χ1n) is 5.75. The first-order chi connectivity index (χ1) is 7.67. The van der Waals surface area contributed by atoms with E-state index in [9.17, 15) is 0 Å². The number of nitrogens with one attached hydrogen (secondary N) is 1.